The Bertz CT molecular complexity index is 275. The molecular weight excluding hydrogens is 186 g/mol. The van der Waals surface area contributed by atoms with Crippen LogP contribution in [-0.2, 0) is 4.74 Å². The van der Waals surface area contributed by atoms with Crippen LogP contribution in [0.5, 0.6) is 0 Å². The number of methoxy groups -OCH3 is 1. The molecule has 2 nitrogen and oxygen atoms in total. The first kappa shape index (κ1) is 10.5. The zero-order chi connectivity index (χ0) is 9.84. The van der Waals surface area contributed by atoms with E-state index in [-0.39, 0.29) is 12.1 Å². The quantitative estimate of drug-likeness (QED) is 0.812. The topological polar surface area (TPSA) is 35.2 Å². The number of benzene rings is 1. The van der Waals surface area contributed by atoms with Crippen LogP contribution in [0, 0.1) is 0 Å². The van der Waals surface area contributed by atoms with Gasteiger partial charge in [-0.25, -0.2) is 0 Å². The highest BCUT2D eigenvalue weighted by Gasteiger charge is 2.14. The maximum atomic E-state index is 5.85. The van der Waals surface area contributed by atoms with Gasteiger partial charge in [0.25, 0.3) is 0 Å². The molecule has 0 saturated carbocycles. The van der Waals surface area contributed by atoms with Gasteiger partial charge < -0.3 is 10.5 Å². The summed E-state index contributed by atoms with van der Waals surface area (Å²) in [6.45, 7) is 1.91. The predicted octanol–water partition coefficient (Wildman–Crippen LogP) is 2.37. The standard InChI is InChI=1S/C10H14ClNO/c1-7(12)10(13-2)8-4-3-5-9(11)6-8/h3-7,10H,12H2,1-2H3. The van der Waals surface area contributed by atoms with Gasteiger partial charge in [0.15, 0.2) is 0 Å². The van der Waals surface area contributed by atoms with E-state index in [0.29, 0.717) is 5.02 Å². The summed E-state index contributed by atoms with van der Waals surface area (Å²) in [5.41, 5.74) is 6.78. The molecule has 1 aromatic carbocycles. The number of halogens is 1. The Hall–Kier alpha value is -0.570. The average Bonchev–Trinajstić information content (AvgIpc) is 2.04. The third-order valence-corrected chi connectivity index (χ3v) is 2.14. The fourth-order valence-electron chi connectivity index (χ4n) is 1.34. The van der Waals surface area contributed by atoms with Crippen molar-refractivity contribution in [2.24, 2.45) is 5.73 Å². The van der Waals surface area contributed by atoms with Crippen LogP contribution in [-0.4, -0.2) is 13.2 Å². The predicted molar refractivity (Wildman–Crippen MR) is 54.9 cm³/mol. The van der Waals surface area contributed by atoms with Crippen molar-refractivity contribution >= 4 is 11.6 Å². The first-order chi connectivity index (χ1) is 6.15. The van der Waals surface area contributed by atoms with E-state index in [4.69, 9.17) is 22.1 Å². The van der Waals surface area contributed by atoms with E-state index < -0.39 is 0 Å². The Labute approximate surface area is 83.6 Å². The van der Waals surface area contributed by atoms with Crippen LogP contribution < -0.4 is 5.73 Å². The molecule has 0 heterocycles. The highest BCUT2D eigenvalue weighted by atomic mass is 35.5. The van der Waals surface area contributed by atoms with Gasteiger partial charge >= 0.3 is 0 Å². The number of hydrogen-bond acceptors (Lipinski definition) is 2. The summed E-state index contributed by atoms with van der Waals surface area (Å²) in [5.74, 6) is 0. The highest BCUT2D eigenvalue weighted by Crippen LogP contribution is 2.22. The summed E-state index contributed by atoms with van der Waals surface area (Å²) in [6, 6.07) is 7.52. The Balaban J connectivity index is 2.91. The van der Waals surface area contributed by atoms with E-state index in [1.807, 2.05) is 31.2 Å². The molecular formula is C10H14ClNO. The van der Waals surface area contributed by atoms with Crippen molar-refractivity contribution in [1.82, 2.24) is 0 Å². The van der Waals surface area contributed by atoms with Gasteiger partial charge in [0.2, 0.25) is 0 Å². The molecule has 0 bridgehead atoms. The molecule has 0 amide bonds. The summed E-state index contributed by atoms with van der Waals surface area (Å²) in [5, 5.41) is 0.709. The van der Waals surface area contributed by atoms with Crippen LogP contribution >= 0.6 is 11.6 Å². The fourth-order valence-corrected chi connectivity index (χ4v) is 1.54. The zero-order valence-electron chi connectivity index (χ0n) is 7.83. The molecule has 2 N–H and O–H groups in total. The third kappa shape index (κ3) is 2.69. The Morgan fingerprint density at radius 1 is 1.46 bits per heavy atom. The minimum absolute atomic E-state index is 0.0385. The van der Waals surface area contributed by atoms with Gasteiger partial charge in [-0.2, -0.15) is 0 Å². The van der Waals surface area contributed by atoms with Crippen LogP contribution in [0.3, 0.4) is 0 Å². The van der Waals surface area contributed by atoms with E-state index >= 15 is 0 Å². The Morgan fingerprint density at radius 2 is 2.15 bits per heavy atom. The average molecular weight is 200 g/mol. The molecule has 3 heteroatoms. The summed E-state index contributed by atoms with van der Waals surface area (Å²) in [6.07, 6.45) is -0.0845. The molecule has 2 atom stereocenters. The molecule has 0 radical (unpaired) electrons. The molecule has 0 fully saturated rings. The van der Waals surface area contributed by atoms with Crippen LogP contribution in [0.25, 0.3) is 0 Å². The molecule has 0 aromatic heterocycles. The molecule has 13 heavy (non-hydrogen) atoms. The number of ether oxygens (including phenoxy) is 1. The first-order valence-corrected chi connectivity index (χ1v) is 4.56. The molecule has 0 aliphatic heterocycles. The lowest BCUT2D eigenvalue weighted by Crippen LogP contribution is -2.25. The minimum atomic E-state index is -0.0845. The van der Waals surface area contributed by atoms with E-state index in [1.54, 1.807) is 7.11 Å². The molecule has 2 unspecified atom stereocenters. The van der Waals surface area contributed by atoms with Gasteiger partial charge in [-0.05, 0) is 24.6 Å². The maximum Gasteiger partial charge on any atom is 0.0969 e. The normalized spacial score (nSPS) is 15.4. The van der Waals surface area contributed by atoms with Gasteiger partial charge in [0, 0.05) is 18.2 Å². The molecule has 0 aliphatic carbocycles. The minimum Gasteiger partial charge on any atom is -0.375 e. The van der Waals surface area contributed by atoms with Crippen LogP contribution in [0.2, 0.25) is 5.02 Å². The Morgan fingerprint density at radius 3 is 2.62 bits per heavy atom. The van der Waals surface area contributed by atoms with Crippen molar-refractivity contribution in [3.05, 3.63) is 34.9 Å². The number of rotatable bonds is 3. The van der Waals surface area contributed by atoms with Gasteiger partial charge in [-0.15, -0.1) is 0 Å². The third-order valence-electron chi connectivity index (χ3n) is 1.91. The first-order valence-electron chi connectivity index (χ1n) is 4.19. The molecule has 72 valence electrons. The van der Waals surface area contributed by atoms with E-state index in [2.05, 4.69) is 0 Å². The summed E-state index contributed by atoms with van der Waals surface area (Å²) >= 11 is 5.85. The van der Waals surface area contributed by atoms with Crippen molar-refractivity contribution in [2.45, 2.75) is 19.1 Å². The monoisotopic (exact) mass is 199 g/mol. The lowest BCUT2D eigenvalue weighted by molar-refractivity contribution is 0.0854. The molecule has 0 spiro atoms. The maximum absolute atomic E-state index is 5.85. The van der Waals surface area contributed by atoms with E-state index in [1.165, 1.54) is 0 Å². The number of nitrogens with two attached hydrogens (primary N) is 1. The van der Waals surface area contributed by atoms with Gasteiger partial charge in [0.05, 0.1) is 6.10 Å². The van der Waals surface area contributed by atoms with Crippen molar-refractivity contribution in [3.8, 4) is 0 Å². The molecule has 0 saturated heterocycles. The largest absolute Gasteiger partial charge is 0.375 e. The summed E-state index contributed by atoms with van der Waals surface area (Å²) in [7, 11) is 1.65. The lowest BCUT2D eigenvalue weighted by Gasteiger charge is -2.19. The van der Waals surface area contributed by atoms with E-state index in [0.717, 1.165) is 5.56 Å². The molecule has 1 rings (SSSR count). The van der Waals surface area contributed by atoms with E-state index in [9.17, 15) is 0 Å². The fraction of sp³-hybridized carbons (Fsp3) is 0.400. The second kappa shape index (κ2) is 4.61. The van der Waals surface area contributed by atoms with Crippen molar-refractivity contribution in [1.29, 1.82) is 0 Å². The van der Waals surface area contributed by atoms with Gasteiger partial charge in [0.1, 0.15) is 0 Å². The van der Waals surface area contributed by atoms with Crippen molar-refractivity contribution in [3.63, 3.8) is 0 Å². The van der Waals surface area contributed by atoms with Crippen LogP contribution in [0.1, 0.15) is 18.6 Å². The Kier molecular flexibility index (Phi) is 3.72. The lowest BCUT2D eigenvalue weighted by atomic mass is 10.0. The number of hydrogen-bond donors (Lipinski definition) is 1. The molecule has 1 aromatic rings. The second-order valence-corrected chi connectivity index (χ2v) is 3.51. The van der Waals surface area contributed by atoms with Crippen LogP contribution in [0.4, 0.5) is 0 Å². The van der Waals surface area contributed by atoms with Gasteiger partial charge in [-0.3, -0.25) is 0 Å². The van der Waals surface area contributed by atoms with Gasteiger partial charge in [-0.1, -0.05) is 23.7 Å². The smallest absolute Gasteiger partial charge is 0.0969 e. The zero-order valence-corrected chi connectivity index (χ0v) is 8.58. The van der Waals surface area contributed by atoms with Crippen molar-refractivity contribution in [2.75, 3.05) is 7.11 Å². The highest BCUT2D eigenvalue weighted by molar-refractivity contribution is 6.30. The second-order valence-electron chi connectivity index (χ2n) is 3.07. The van der Waals surface area contributed by atoms with Crippen LogP contribution in [0.15, 0.2) is 24.3 Å². The summed E-state index contributed by atoms with van der Waals surface area (Å²) < 4.78 is 5.27. The summed E-state index contributed by atoms with van der Waals surface area (Å²) in [4.78, 5) is 0. The molecule has 0 aliphatic rings. The van der Waals surface area contributed by atoms with Crippen molar-refractivity contribution < 1.29 is 4.74 Å². The SMILES string of the molecule is COC(c1cccc(Cl)c1)C(C)N.